The second kappa shape index (κ2) is 5.83. The average molecular weight is 287 g/mol. The number of nitrogens with one attached hydrogen (secondary N) is 1. The van der Waals surface area contributed by atoms with Crippen molar-refractivity contribution in [3.8, 4) is 28.4 Å². The zero-order valence-corrected chi connectivity index (χ0v) is 10.8. The number of phenolic OH excluding ortho intramolecular Hbond substituents is 3. The van der Waals surface area contributed by atoms with Crippen molar-refractivity contribution in [1.82, 2.24) is 5.43 Å². The van der Waals surface area contributed by atoms with Crippen LogP contribution in [0.3, 0.4) is 0 Å². The number of primary amides is 1. The molecule has 7 nitrogen and oxygen atoms in total. The van der Waals surface area contributed by atoms with Gasteiger partial charge in [0, 0.05) is 5.56 Å². The molecule has 0 heterocycles. The second-order valence-corrected chi connectivity index (χ2v) is 4.21. The summed E-state index contributed by atoms with van der Waals surface area (Å²) in [5.74, 6) is -0.493. The van der Waals surface area contributed by atoms with E-state index in [0.29, 0.717) is 16.7 Å². The summed E-state index contributed by atoms with van der Waals surface area (Å²) in [6.45, 7) is 0. The Morgan fingerprint density at radius 1 is 1.00 bits per heavy atom. The SMILES string of the molecule is NC(=O)NN=Cc1cc(-c2ccc(O)c(O)c2)ccc1O. The number of urea groups is 1. The largest absolute Gasteiger partial charge is 0.507 e. The molecule has 0 atom stereocenters. The van der Waals surface area contributed by atoms with E-state index in [-0.39, 0.29) is 17.2 Å². The van der Waals surface area contributed by atoms with Gasteiger partial charge in [-0.3, -0.25) is 0 Å². The molecule has 0 saturated heterocycles. The molecule has 2 rings (SSSR count). The van der Waals surface area contributed by atoms with Crippen LogP contribution in [0.25, 0.3) is 11.1 Å². The number of hydrogen-bond donors (Lipinski definition) is 5. The summed E-state index contributed by atoms with van der Waals surface area (Å²) in [7, 11) is 0. The third-order valence-electron chi connectivity index (χ3n) is 2.71. The van der Waals surface area contributed by atoms with Crippen LogP contribution in [0.2, 0.25) is 0 Å². The Balaban J connectivity index is 2.35. The van der Waals surface area contributed by atoms with Gasteiger partial charge in [0.15, 0.2) is 11.5 Å². The summed E-state index contributed by atoms with van der Waals surface area (Å²) in [5, 5.41) is 32.1. The van der Waals surface area contributed by atoms with Crippen molar-refractivity contribution in [1.29, 1.82) is 0 Å². The molecule has 0 fully saturated rings. The van der Waals surface area contributed by atoms with Crippen molar-refractivity contribution in [2.75, 3.05) is 0 Å². The van der Waals surface area contributed by atoms with Gasteiger partial charge >= 0.3 is 6.03 Å². The van der Waals surface area contributed by atoms with Crippen molar-refractivity contribution in [2.24, 2.45) is 10.8 Å². The Morgan fingerprint density at radius 3 is 2.24 bits per heavy atom. The molecular formula is C14H13N3O4. The number of hydrogen-bond acceptors (Lipinski definition) is 5. The van der Waals surface area contributed by atoms with Crippen LogP contribution in [0.4, 0.5) is 4.79 Å². The molecule has 0 bridgehead atoms. The zero-order chi connectivity index (χ0) is 15.4. The molecule has 0 spiro atoms. The molecule has 2 amide bonds. The predicted octanol–water partition coefficient (Wildman–Crippen LogP) is 1.47. The normalized spacial score (nSPS) is 10.7. The Hall–Kier alpha value is -3.22. The first-order valence-corrected chi connectivity index (χ1v) is 5.91. The highest BCUT2D eigenvalue weighted by Crippen LogP contribution is 2.32. The number of carbonyl (C=O) groups is 1. The third kappa shape index (κ3) is 3.41. The van der Waals surface area contributed by atoms with Crippen LogP contribution in [0.5, 0.6) is 17.2 Å². The fourth-order valence-electron chi connectivity index (χ4n) is 1.71. The van der Waals surface area contributed by atoms with E-state index in [2.05, 4.69) is 5.10 Å². The molecule has 108 valence electrons. The Bertz CT molecular complexity index is 713. The number of aromatic hydroxyl groups is 3. The van der Waals surface area contributed by atoms with E-state index in [1.165, 1.54) is 24.4 Å². The van der Waals surface area contributed by atoms with Gasteiger partial charge in [-0.15, -0.1) is 0 Å². The summed E-state index contributed by atoms with van der Waals surface area (Å²) in [4.78, 5) is 10.5. The Morgan fingerprint density at radius 2 is 1.62 bits per heavy atom. The van der Waals surface area contributed by atoms with Gasteiger partial charge in [0.2, 0.25) is 0 Å². The molecule has 21 heavy (non-hydrogen) atoms. The van der Waals surface area contributed by atoms with Crippen LogP contribution in [-0.2, 0) is 0 Å². The Kier molecular flexibility index (Phi) is 3.94. The van der Waals surface area contributed by atoms with E-state index in [4.69, 9.17) is 5.73 Å². The van der Waals surface area contributed by atoms with E-state index >= 15 is 0 Å². The van der Waals surface area contributed by atoms with Gasteiger partial charge in [-0.05, 0) is 35.4 Å². The second-order valence-electron chi connectivity index (χ2n) is 4.21. The topological polar surface area (TPSA) is 128 Å². The monoisotopic (exact) mass is 287 g/mol. The maximum atomic E-state index is 10.5. The number of hydrazone groups is 1. The first kappa shape index (κ1) is 14.2. The van der Waals surface area contributed by atoms with Gasteiger partial charge in [0.1, 0.15) is 5.75 Å². The molecule has 0 unspecified atom stereocenters. The number of amides is 2. The molecule has 7 heteroatoms. The molecule has 0 radical (unpaired) electrons. The van der Waals surface area contributed by atoms with Crippen LogP contribution in [0.15, 0.2) is 41.5 Å². The van der Waals surface area contributed by atoms with E-state index in [1.54, 1.807) is 18.2 Å². The average Bonchev–Trinajstić information content (AvgIpc) is 2.43. The first-order chi connectivity index (χ1) is 9.97. The lowest BCUT2D eigenvalue weighted by Crippen LogP contribution is -2.24. The summed E-state index contributed by atoms with van der Waals surface area (Å²) in [5.41, 5.74) is 8.57. The lowest BCUT2D eigenvalue weighted by Gasteiger charge is -2.06. The number of benzene rings is 2. The number of nitrogens with two attached hydrogens (primary N) is 1. The fraction of sp³-hybridized carbons (Fsp3) is 0. The summed E-state index contributed by atoms with van der Waals surface area (Å²) in [6.07, 6.45) is 1.24. The standard InChI is InChI=1S/C14H13N3O4/c15-14(21)17-16-7-10-5-8(1-3-11(10)18)9-2-4-12(19)13(20)6-9/h1-7,18-20H,(H3,15,17,21). The summed E-state index contributed by atoms with van der Waals surface area (Å²) in [6, 6.07) is 8.25. The molecule has 2 aromatic rings. The quantitative estimate of drug-likeness (QED) is 0.332. The minimum Gasteiger partial charge on any atom is -0.507 e. The van der Waals surface area contributed by atoms with E-state index in [9.17, 15) is 20.1 Å². The minimum absolute atomic E-state index is 0.0308. The lowest BCUT2D eigenvalue weighted by molar-refractivity contribution is 0.249. The molecule has 0 aliphatic rings. The molecule has 0 saturated carbocycles. The molecular weight excluding hydrogens is 274 g/mol. The van der Waals surface area contributed by atoms with Crippen molar-refractivity contribution in [3.63, 3.8) is 0 Å². The van der Waals surface area contributed by atoms with Crippen molar-refractivity contribution in [2.45, 2.75) is 0 Å². The van der Waals surface area contributed by atoms with Gasteiger partial charge in [-0.2, -0.15) is 5.10 Å². The van der Waals surface area contributed by atoms with Crippen LogP contribution >= 0.6 is 0 Å². The van der Waals surface area contributed by atoms with Crippen molar-refractivity contribution in [3.05, 3.63) is 42.0 Å². The number of carbonyl (C=O) groups excluding carboxylic acids is 1. The van der Waals surface area contributed by atoms with Crippen LogP contribution in [0.1, 0.15) is 5.56 Å². The van der Waals surface area contributed by atoms with Crippen LogP contribution in [-0.4, -0.2) is 27.6 Å². The van der Waals surface area contributed by atoms with Crippen molar-refractivity contribution < 1.29 is 20.1 Å². The van der Waals surface area contributed by atoms with Gasteiger partial charge in [-0.1, -0.05) is 12.1 Å². The number of nitrogens with zero attached hydrogens (tertiary/aromatic N) is 1. The van der Waals surface area contributed by atoms with E-state index in [0.717, 1.165) is 0 Å². The smallest absolute Gasteiger partial charge is 0.332 e. The molecule has 0 aromatic heterocycles. The van der Waals surface area contributed by atoms with Crippen LogP contribution < -0.4 is 11.2 Å². The minimum atomic E-state index is -0.814. The highest BCUT2D eigenvalue weighted by Gasteiger charge is 2.06. The van der Waals surface area contributed by atoms with E-state index in [1.807, 2.05) is 5.43 Å². The van der Waals surface area contributed by atoms with Gasteiger partial charge in [-0.25, -0.2) is 10.2 Å². The third-order valence-corrected chi connectivity index (χ3v) is 2.71. The summed E-state index contributed by atoms with van der Waals surface area (Å²) >= 11 is 0. The maximum absolute atomic E-state index is 10.5. The maximum Gasteiger partial charge on any atom is 0.332 e. The first-order valence-electron chi connectivity index (χ1n) is 5.91. The van der Waals surface area contributed by atoms with Gasteiger partial charge < -0.3 is 21.1 Å². The number of rotatable bonds is 3. The van der Waals surface area contributed by atoms with E-state index < -0.39 is 6.03 Å². The zero-order valence-electron chi connectivity index (χ0n) is 10.8. The molecule has 0 aliphatic carbocycles. The highest BCUT2D eigenvalue weighted by molar-refractivity contribution is 5.87. The summed E-state index contributed by atoms with van der Waals surface area (Å²) < 4.78 is 0. The van der Waals surface area contributed by atoms with Gasteiger partial charge in [0.25, 0.3) is 0 Å². The molecule has 2 aromatic carbocycles. The predicted molar refractivity (Wildman–Crippen MR) is 77.2 cm³/mol. The van der Waals surface area contributed by atoms with Gasteiger partial charge in [0.05, 0.1) is 6.21 Å². The van der Waals surface area contributed by atoms with Crippen LogP contribution in [0, 0.1) is 0 Å². The lowest BCUT2D eigenvalue weighted by atomic mass is 10.0. The highest BCUT2D eigenvalue weighted by atomic mass is 16.3. The molecule has 6 N–H and O–H groups in total. The fourth-order valence-corrected chi connectivity index (χ4v) is 1.71. The Labute approximate surface area is 120 Å². The van der Waals surface area contributed by atoms with Crippen molar-refractivity contribution >= 4 is 12.2 Å². The molecule has 0 aliphatic heterocycles. The number of phenols is 3.